The Hall–Kier alpha value is -0.810. The van der Waals surface area contributed by atoms with Gasteiger partial charge in [0.2, 0.25) is 0 Å². The van der Waals surface area contributed by atoms with E-state index in [-0.39, 0.29) is 0 Å². The highest BCUT2D eigenvalue weighted by atomic mass is 32.1. The molecule has 0 radical (unpaired) electrons. The number of rotatable bonds is 12. The summed E-state index contributed by atoms with van der Waals surface area (Å²) >= 11 is 1.61. The minimum absolute atomic E-state index is 0.374. The van der Waals surface area contributed by atoms with E-state index in [1.807, 2.05) is 5.38 Å². The van der Waals surface area contributed by atoms with Gasteiger partial charge in [-0.05, 0) is 12.8 Å². The first-order valence-electron chi connectivity index (χ1n) is 8.55. The van der Waals surface area contributed by atoms with Crippen molar-refractivity contribution < 1.29 is 24.1 Å². The zero-order chi connectivity index (χ0) is 18.2. The summed E-state index contributed by atoms with van der Waals surface area (Å²) in [5.41, 5.74) is 6.26. The standard InChI is InChI=1S/C15H27N3O4S.CH4O/c16-3-5-19-6-7-20-8-9-22-11-14-12-23-15(18-14)17-13-2-1-4-21-10-13;1-2/h12-13H,1-11,16H2,(H,17,18);2H,1H3. The minimum atomic E-state index is 0.374. The van der Waals surface area contributed by atoms with E-state index in [4.69, 9.17) is 29.8 Å². The van der Waals surface area contributed by atoms with Gasteiger partial charge >= 0.3 is 0 Å². The van der Waals surface area contributed by atoms with Crippen LogP contribution in [0.1, 0.15) is 18.5 Å². The fraction of sp³-hybridized carbons (Fsp3) is 0.812. The Morgan fingerprint density at radius 3 is 2.64 bits per heavy atom. The number of nitrogens with two attached hydrogens (primary N) is 1. The van der Waals surface area contributed by atoms with Crippen LogP contribution >= 0.6 is 11.3 Å². The summed E-state index contributed by atoms with van der Waals surface area (Å²) in [5, 5.41) is 13.4. The first kappa shape index (κ1) is 22.2. The van der Waals surface area contributed by atoms with E-state index >= 15 is 0 Å². The van der Waals surface area contributed by atoms with E-state index < -0.39 is 0 Å². The Morgan fingerprint density at radius 2 is 1.96 bits per heavy atom. The number of aromatic nitrogens is 1. The second kappa shape index (κ2) is 15.4. The Labute approximate surface area is 153 Å². The highest BCUT2D eigenvalue weighted by molar-refractivity contribution is 7.13. The Morgan fingerprint density at radius 1 is 1.24 bits per heavy atom. The van der Waals surface area contributed by atoms with Crippen LogP contribution in [-0.2, 0) is 25.6 Å². The van der Waals surface area contributed by atoms with Crippen LogP contribution in [0.15, 0.2) is 5.38 Å². The minimum Gasteiger partial charge on any atom is -0.400 e. The summed E-state index contributed by atoms with van der Waals surface area (Å²) < 4.78 is 21.6. The molecule has 1 aliphatic heterocycles. The zero-order valence-electron chi connectivity index (χ0n) is 14.9. The molecule has 8 nitrogen and oxygen atoms in total. The molecular weight excluding hydrogens is 346 g/mol. The first-order chi connectivity index (χ1) is 12.4. The van der Waals surface area contributed by atoms with Crippen molar-refractivity contribution in [1.29, 1.82) is 0 Å². The van der Waals surface area contributed by atoms with E-state index in [2.05, 4.69) is 10.3 Å². The molecule has 0 bridgehead atoms. The van der Waals surface area contributed by atoms with Crippen molar-refractivity contribution >= 4 is 16.5 Å². The van der Waals surface area contributed by atoms with Crippen LogP contribution in [0.2, 0.25) is 0 Å². The molecule has 1 aliphatic rings. The largest absolute Gasteiger partial charge is 0.400 e. The molecule has 0 aromatic carbocycles. The molecule has 1 atom stereocenters. The molecule has 0 amide bonds. The van der Waals surface area contributed by atoms with Crippen molar-refractivity contribution in [3.8, 4) is 0 Å². The third-order valence-electron chi connectivity index (χ3n) is 3.30. The van der Waals surface area contributed by atoms with E-state index in [1.165, 1.54) is 0 Å². The van der Waals surface area contributed by atoms with E-state index in [0.717, 1.165) is 44.0 Å². The third kappa shape index (κ3) is 10.7. The van der Waals surface area contributed by atoms with Crippen molar-refractivity contribution in [3.05, 3.63) is 11.1 Å². The molecular formula is C16H31N3O5S. The van der Waals surface area contributed by atoms with Gasteiger partial charge < -0.3 is 35.1 Å². The Balaban J connectivity index is 0.00000151. The quantitative estimate of drug-likeness (QED) is 0.460. The Kier molecular flexibility index (Phi) is 13.7. The van der Waals surface area contributed by atoms with Gasteiger partial charge in [-0.25, -0.2) is 4.98 Å². The summed E-state index contributed by atoms with van der Waals surface area (Å²) in [5.74, 6) is 0. The molecule has 9 heteroatoms. The van der Waals surface area contributed by atoms with Gasteiger partial charge in [-0.3, -0.25) is 0 Å². The van der Waals surface area contributed by atoms with Gasteiger partial charge in [0.15, 0.2) is 5.13 Å². The summed E-state index contributed by atoms with van der Waals surface area (Å²) in [6.45, 7) is 5.50. The van der Waals surface area contributed by atoms with Crippen molar-refractivity contribution in [2.45, 2.75) is 25.5 Å². The number of hydrogen-bond acceptors (Lipinski definition) is 9. The zero-order valence-corrected chi connectivity index (χ0v) is 15.8. The number of nitrogens with zero attached hydrogens (tertiary/aromatic N) is 1. The van der Waals surface area contributed by atoms with Crippen molar-refractivity contribution in [2.24, 2.45) is 5.73 Å². The summed E-state index contributed by atoms with van der Waals surface area (Å²) in [4.78, 5) is 4.53. The van der Waals surface area contributed by atoms with Crippen LogP contribution in [0.4, 0.5) is 5.13 Å². The number of thiazole rings is 1. The highest BCUT2D eigenvalue weighted by Crippen LogP contribution is 2.19. The highest BCUT2D eigenvalue weighted by Gasteiger charge is 2.14. The second-order valence-electron chi connectivity index (χ2n) is 5.27. The normalized spacial score (nSPS) is 17.0. The van der Waals surface area contributed by atoms with Crippen molar-refractivity contribution in [3.63, 3.8) is 0 Å². The number of aliphatic hydroxyl groups is 1. The SMILES string of the molecule is CO.NCCOCCOCCOCc1csc(NC2CCCOC2)n1. The van der Waals surface area contributed by atoms with Crippen LogP contribution in [0.25, 0.3) is 0 Å². The summed E-state index contributed by atoms with van der Waals surface area (Å²) in [7, 11) is 1.00. The molecule has 0 spiro atoms. The fourth-order valence-electron chi connectivity index (χ4n) is 2.17. The molecule has 0 saturated carbocycles. The van der Waals surface area contributed by atoms with Crippen LogP contribution in [0, 0.1) is 0 Å². The molecule has 1 unspecified atom stereocenters. The van der Waals surface area contributed by atoms with Crippen LogP contribution in [-0.4, -0.2) is 76.0 Å². The molecule has 1 aromatic rings. The Bertz CT molecular complexity index is 416. The second-order valence-corrected chi connectivity index (χ2v) is 6.13. The topological polar surface area (TPSA) is 108 Å². The average Bonchev–Trinajstić information content (AvgIpc) is 3.10. The van der Waals surface area contributed by atoms with E-state index in [1.54, 1.807) is 11.3 Å². The number of aliphatic hydroxyl groups excluding tert-OH is 1. The van der Waals surface area contributed by atoms with Crippen molar-refractivity contribution in [2.75, 3.05) is 65.2 Å². The summed E-state index contributed by atoms with van der Waals surface area (Å²) in [6, 6.07) is 0.374. The van der Waals surface area contributed by atoms with E-state index in [9.17, 15) is 0 Å². The maximum atomic E-state index is 7.00. The molecule has 0 aliphatic carbocycles. The lowest BCUT2D eigenvalue weighted by molar-refractivity contribution is 0.0114. The summed E-state index contributed by atoms with van der Waals surface area (Å²) in [6.07, 6.45) is 2.24. The fourth-order valence-corrected chi connectivity index (χ4v) is 2.94. The molecule has 1 aromatic heterocycles. The monoisotopic (exact) mass is 377 g/mol. The predicted molar refractivity (Wildman–Crippen MR) is 98.1 cm³/mol. The number of hydrogen-bond donors (Lipinski definition) is 3. The van der Waals surface area contributed by atoms with Gasteiger partial charge in [0.1, 0.15) is 0 Å². The lowest BCUT2D eigenvalue weighted by Crippen LogP contribution is -2.29. The molecule has 25 heavy (non-hydrogen) atoms. The number of nitrogens with one attached hydrogen (secondary N) is 1. The smallest absolute Gasteiger partial charge is 0.183 e. The molecule has 4 N–H and O–H groups in total. The third-order valence-corrected chi connectivity index (χ3v) is 4.12. The van der Waals surface area contributed by atoms with Crippen LogP contribution in [0.3, 0.4) is 0 Å². The van der Waals surface area contributed by atoms with Crippen molar-refractivity contribution in [1.82, 2.24) is 4.98 Å². The average molecular weight is 378 g/mol. The maximum Gasteiger partial charge on any atom is 0.183 e. The maximum absolute atomic E-state index is 7.00. The lowest BCUT2D eigenvalue weighted by atomic mass is 10.1. The molecule has 2 rings (SSSR count). The van der Waals surface area contributed by atoms with Gasteiger partial charge in [0.25, 0.3) is 0 Å². The van der Waals surface area contributed by atoms with Gasteiger partial charge in [-0.15, -0.1) is 11.3 Å². The van der Waals surface area contributed by atoms with Gasteiger partial charge in [0, 0.05) is 25.6 Å². The van der Waals surface area contributed by atoms with Crippen LogP contribution < -0.4 is 11.1 Å². The van der Waals surface area contributed by atoms with Gasteiger partial charge in [0.05, 0.1) is 58.0 Å². The van der Waals surface area contributed by atoms with Gasteiger partial charge in [-0.2, -0.15) is 0 Å². The predicted octanol–water partition coefficient (Wildman–Crippen LogP) is 0.851. The van der Waals surface area contributed by atoms with E-state index in [0.29, 0.717) is 52.2 Å². The van der Waals surface area contributed by atoms with Crippen LogP contribution in [0.5, 0.6) is 0 Å². The lowest BCUT2D eigenvalue weighted by Gasteiger charge is -2.22. The molecule has 1 fully saturated rings. The molecule has 146 valence electrons. The van der Waals surface area contributed by atoms with Gasteiger partial charge in [-0.1, -0.05) is 0 Å². The molecule has 1 saturated heterocycles. The first-order valence-corrected chi connectivity index (χ1v) is 9.43. The number of anilines is 1. The number of ether oxygens (including phenoxy) is 4. The molecule has 2 heterocycles.